The molecule has 0 bridgehead atoms. The van der Waals surface area contributed by atoms with E-state index < -0.39 is 22.8 Å². The molecular weight excluding hydrogens is 553 g/mol. The van der Waals surface area contributed by atoms with Gasteiger partial charge in [-0.2, -0.15) is 4.98 Å². The van der Waals surface area contributed by atoms with Crippen molar-refractivity contribution in [2.45, 2.75) is 24.9 Å². The summed E-state index contributed by atoms with van der Waals surface area (Å²) >= 11 is 12.1. The molecule has 3 amide bonds. The van der Waals surface area contributed by atoms with Gasteiger partial charge in [0.15, 0.2) is 11.2 Å². The molecule has 0 radical (unpaired) electrons. The molecule has 3 aromatic heterocycles. The highest BCUT2D eigenvalue weighted by Crippen LogP contribution is 2.31. The van der Waals surface area contributed by atoms with Crippen molar-refractivity contribution in [3.63, 3.8) is 0 Å². The predicted octanol–water partition coefficient (Wildman–Crippen LogP) is 1.02. The number of piperidine rings is 1. The first-order valence-electron chi connectivity index (χ1n) is 11.9. The number of anilines is 1. The van der Waals surface area contributed by atoms with Gasteiger partial charge in [0.05, 0.1) is 10.0 Å². The average molecular weight is 574 g/mol. The summed E-state index contributed by atoms with van der Waals surface area (Å²) in [6, 6.07) is 4.39. The van der Waals surface area contributed by atoms with E-state index in [1.807, 2.05) is 4.90 Å². The molecule has 4 aromatic rings. The lowest BCUT2D eigenvalue weighted by molar-refractivity contribution is -0.124. The molecule has 5 heterocycles. The highest BCUT2D eigenvalue weighted by atomic mass is 35.5. The van der Waals surface area contributed by atoms with Crippen molar-refractivity contribution in [2.75, 3.05) is 18.0 Å². The maximum Gasteiger partial charge on any atom is 0.332 e. The number of benzene rings is 1. The summed E-state index contributed by atoms with van der Waals surface area (Å²) in [7, 11) is 2.92. The summed E-state index contributed by atoms with van der Waals surface area (Å²) in [6.45, 7) is 0.680. The number of carbonyl (C=O) groups is 2. The molecule has 0 saturated carbocycles. The standard InChI is InChI=1S/C23H21Cl2N9O5/c1-31-16-15(18(35)32(2)22(31)38)34(10-14-29-30-17(39-14)11-3-4-12(24)13(25)9-11)21(26-16)33-7-5-23(6-8-33)19(36)27-20(37)28-23/h3-4,9H,5-8,10H2,1-2H3,(H2,27,28,36,37). The van der Waals surface area contributed by atoms with Crippen LogP contribution < -0.4 is 26.8 Å². The Morgan fingerprint density at radius 1 is 1.03 bits per heavy atom. The number of imidazole rings is 1. The molecular formula is C23H21Cl2N9O5. The van der Waals surface area contributed by atoms with Crippen LogP contribution in [0.15, 0.2) is 32.2 Å². The van der Waals surface area contributed by atoms with E-state index in [4.69, 9.17) is 27.6 Å². The van der Waals surface area contributed by atoms with E-state index in [1.54, 1.807) is 22.8 Å². The number of carbonyl (C=O) groups excluding carboxylic acids is 2. The fourth-order valence-electron chi connectivity index (χ4n) is 4.99. The topological polar surface area (TPSA) is 162 Å². The van der Waals surface area contributed by atoms with Gasteiger partial charge in [0.1, 0.15) is 12.1 Å². The van der Waals surface area contributed by atoms with E-state index in [0.29, 0.717) is 47.5 Å². The van der Waals surface area contributed by atoms with Gasteiger partial charge in [-0.15, -0.1) is 10.2 Å². The molecule has 0 aliphatic carbocycles. The van der Waals surface area contributed by atoms with Crippen LogP contribution in [-0.4, -0.2) is 59.4 Å². The zero-order chi connectivity index (χ0) is 27.6. The summed E-state index contributed by atoms with van der Waals surface area (Å²) in [5.74, 6) is 0.413. The van der Waals surface area contributed by atoms with Crippen molar-refractivity contribution in [1.82, 2.24) is 39.5 Å². The minimum atomic E-state index is -0.991. The Hall–Kier alpha value is -4.17. The number of hydrogen-bond acceptors (Lipinski definition) is 9. The normalized spacial score (nSPS) is 16.8. The molecule has 14 nitrogen and oxygen atoms in total. The van der Waals surface area contributed by atoms with Crippen molar-refractivity contribution in [1.29, 1.82) is 0 Å². The predicted molar refractivity (Wildman–Crippen MR) is 140 cm³/mol. The third kappa shape index (κ3) is 3.98. The second-order valence-corrected chi connectivity index (χ2v) is 10.3. The monoisotopic (exact) mass is 573 g/mol. The van der Waals surface area contributed by atoms with Gasteiger partial charge >= 0.3 is 11.7 Å². The van der Waals surface area contributed by atoms with Crippen molar-refractivity contribution in [2.24, 2.45) is 14.1 Å². The molecule has 1 aromatic carbocycles. The number of imide groups is 1. The molecule has 2 fully saturated rings. The minimum absolute atomic E-state index is 0.0214. The van der Waals surface area contributed by atoms with Crippen molar-refractivity contribution in [3.05, 3.63) is 55.0 Å². The SMILES string of the molecule is Cn1c(=O)c2c(nc(N3CCC4(CC3)NC(=O)NC4=O)n2Cc2nnc(-c3ccc(Cl)c(Cl)c3)o2)n(C)c1=O. The Kier molecular flexibility index (Phi) is 5.77. The summed E-state index contributed by atoms with van der Waals surface area (Å²) < 4.78 is 9.80. The van der Waals surface area contributed by atoms with E-state index in [-0.39, 0.29) is 35.4 Å². The second kappa shape index (κ2) is 8.95. The van der Waals surface area contributed by atoms with E-state index >= 15 is 0 Å². The second-order valence-electron chi connectivity index (χ2n) is 9.48. The molecule has 16 heteroatoms. The molecule has 1 spiro atoms. The molecule has 202 valence electrons. The Labute approximate surface area is 229 Å². The van der Waals surface area contributed by atoms with E-state index in [2.05, 4.69) is 25.8 Å². The molecule has 0 unspecified atom stereocenters. The zero-order valence-electron chi connectivity index (χ0n) is 20.7. The van der Waals surface area contributed by atoms with Gasteiger partial charge in [-0.1, -0.05) is 23.2 Å². The van der Waals surface area contributed by atoms with Gasteiger partial charge in [-0.3, -0.25) is 28.6 Å². The summed E-state index contributed by atoms with van der Waals surface area (Å²) in [6.07, 6.45) is 0.652. The lowest BCUT2D eigenvalue weighted by Gasteiger charge is -2.37. The highest BCUT2D eigenvalue weighted by molar-refractivity contribution is 6.42. The Morgan fingerprint density at radius 2 is 1.77 bits per heavy atom. The van der Waals surface area contributed by atoms with E-state index in [9.17, 15) is 19.2 Å². The van der Waals surface area contributed by atoms with Crippen LogP contribution in [0.4, 0.5) is 10.7 Å². The van der Waals surface area contributed by atoms with Gasteiger partial charge in [-0.25, -0.2) is 9.59 Å². The molecule has 2 saturated heterocycles. The fourth-order valence-corrected chi connectivity index (χ4v) is 5.29. The van der Waals surface area contributed by atoms with Crippen LogP contribution in [0.25, 0.3) is 22.6 Å². The van der Waals surface area contributed by atoms with Crippen LogP contribution in [0.2, 0.25) is 10.0 Å². The van der Waals surface area contributed by atoms with Gasteiger partial charge < -0.3 is 14.6 Å². The van der Waals surface area contributed by atoms with Crippen LogP contribution in [-0.2, 0) is 25.4 Å². The Bertz CT molecular complexity index is 1800. The molecule has 6 rings (SSSR count). The van der Waals surface area contributed by atoms with E-state index in [0.717, 1.165) is 4.57 Å². The van der Waals surface area contributed by atoms with Crippen LogP contribution >= 0.6 is 23.2 Å². The number of aromatic nitrogens is 6. The van der Waals surface area contributed by atoms with Crippen molar-refractivity contribution < 1.29 is 14.0 Å². The molecule has 2 N–H and O–H groups in total. The third-order valence-electron chi connectivity index (χ3n) is 7.17. The maximum absolute atomic E-state index is 13.3. The van der Waals surface area contributed by atoms with Gasteiger partial charge in [0.25, 0.3) is 11.5 Å². The first-order valence-corrected chi connectivity index (χ1v) is 12.7. The summed E-state index contributed by atoms with van der Waals surface area (Å²) in [4.78, 5) is 56.6. The van der Waals surface area contributed by atoms with Gasteiger partial charge in [0, 0.05) is 32.7 Å². The quantitative estimate of drug-likeness (QED) is 0.339. The Morgan fingerprint density at radius 3 is 2.44 bits per heavy atom. The van der Waals surface area contributed by atoms with Crippen molar-refractivity contribution in [3.8, 4) is 11.5 Å². The minimum Gasteiger partial charge on any atom is -0.419 e. The third-order valence-corrected chi connectivity index (χ3v) is 7.91. The number of rotatable bonds is 4. The Balaban J connectivity index is 1.41. The number of amides is 3. The largest absolute Gasteiger partial charge is 0.419 e. The average Bonchev–Trinajstić information content (AvgIpc) is 3.60. The number of nitrogens with one attached hydrogen (secondary N) is 2. The number of fused-ring (bicyclic) bond motifs is 1. The number of hydrogen-bond donors (Lipinski definition) is 2. The lowest BCUT2D eigenvalue weighted by atomic mass is 9.88. The summed E-state index contributed by atoms with van der Waals surface area (Å²) in [5.41, 5.74) is -1.12. The summed E-state index contributed by atoms with van der Waals surface area (Å²) in [5, 5.41) is 14.0. The first-order chi connectivity index (χ1) is 18.6. The van der Waals surface area contributed by atoms with E-state index in [1.165, 1.54) is 18.7 Å². The molecule has 2 aliphatic rings. The molecule has 2 aliphatic heterocycles. The maximum atomic E-state index is 13.3. The van der Waals surface area contributed by atoms with Gasteiger partial charge in [0.2, 0.25) is 17.7 Å². The number of urea groups is 1. The molecule has 39 heavy (non-hydrogen) atoms. The smallest absolute Gasteiger partial charge is 0.332 e. The van der Waals surface area contributed by atoms with Crippen LogP contribution in [0.1, 0.15) is 18.7 Å². The zero-order valence-corrected chi connectivity index (χ0v) is 22.2. The van der Waals surface area contributed by atoms with Crippen LogP contribution in [0.3, 0.4) is 0 Å². The number of nitrogens with zero attached hydrogens (tertiary/aromatic N) is 7. The molecule has 0 atom stereocenters. The van der Waals surface area contributed by atoms with Crippen LogP contribution in [0.5, 0.6) is 0 Å². The number of aryl methyl sites for hydroxylation is 1. The first kappa shape index (κ1) is 25.1. The van der Waals surface area contributed by atoms with Crippen LogP contribution in [0, 0.1) is 0 Å². The number of halogens is 2. The highest BCUT2D eigenvalue weighted by Gasteiger charge is 2.48. The fraction of sp³-hybridized carbons (Fsp3) is 0.348. The van der Waals surface area contributed by atoms with Crippen molar-refractivity contribution >= 4 is 52.3 Å². The van der Waals surface area contributed by atoms with Gasteiger partial charge in [-0.05, 0) is 31.0 Å². The lowest BCUT2D eigenvalue weighted by Crippen LogP contribution is -2.55.